The smallest absolute Gasteiger partial charge is 0.348 e. The van der Waals surface area contributed by atoms with E-state index in [1.807, 2.05) is 0 Å². The summed E-state index contributed by atoms with van der Waals surface area (Å²) < 4.78 is 4.84. The van der Waals surface area contributed by atoms with Gasteiger partial charge < -0.3 is 10.2 Å². The summed E-state index contributed by atoms with van der Waals surface area (Å²) in [5.41, 5.74) is 5.33. The maximum absolute atomic E-state index is 11.4. The predicted octanol–water partition coefficient (Wildman–Crippen LogP) is 1.30. The number of nitrogens with zero attached hydrogens (tertiary/aromatic N) is 1. The Morgan fingerprint density at radius 2 is 2.29 bits per heavy atom. The minimum absolute atomic E-state index is 0.0949. The first-order valence-corrected chi connectivity index (χ1v) is 4.38. The predicted molar refractivity (Wildman–Crippen MR) is 53.2 cm³/mol. The first-order chi connectivity index (χ1) is 6.72. The normalized spacial score (nSPS) is 10.7. The van der Waals surface area contributed by atoms with Crippen LogP contribution in [0.25, 0.3) is 10.9 Å². The number of hydrogen-bond donors (Lipinski definition) is 1. The lowest BCUT2D eigenvalue weighted by Crippen LogP contribution is -2.08. The molecule has 0 radical (unpaired) electrons. The maximum atomic E-state index is 11.4. The average molecular weight is 211 g/mol. The molecule has 2 rings (SSSR count). The van der Waals surface area contributed by atoms with E-state index in [9.17, 15) is 4.79 Å². The molecule has 0 aliphatic rings. The second-order valence-electron chi connectivity index (χ2n) is 2.73. The van der Waals surface area contributed by atoms with Crippen LogP contribution < -0.4 is 11.4 Å². The summed E-state index contributed by atoms with van der Waals surface area (Å²) in [5.74, 6) is 0.213. The molecular formula is C9H7ClN2O2. The second kappa shape index (κ2) is 3.40. The third-order valence-electron chi connectivity index (χ3n) is 1.83. The zero-order valence-electron chi connectivity index (χ0n) is 7.16. The molecule has 5 heteroatoms. The molecule has 0 fully saturated rings. The number of benzene rings is 1. The molecule has 4 nitrogen and oxygen atoms in total. The van der Waals surface area contributed by atoms with Crippen LogP contribution >= 0.6 is 11.6 Å². The molecule has 0 bridgehead atoms. The summed E-state index contributed by atoms with van der Waals surface area (Å²) in [5, 5.41) is 0.638. The Morgan fingerprint density at radius 3 is 3.00 bits per heavy atom. The van der Waals surface area contributed by atoms with Gasteiger partial charge in [0.05, 0.1) is 17.1 Å². The maximum Gasteiger partial charge on any atom is 0.348 e. The number of fused-ring (bicyclic) bond motifs is 1. The van der Waals surface area contributed by atoms with E-state index >= 15 is 0 Å². The van der Waals surface area contributed by atoms with E-state index in [4.69, 9.17) is 21.8 Å². The van der Waals surface area contributed by atoms with Gasteiger partial charge in [0.25, 0.3) is 0 Å². The van der Waals surface area contributed by atoms with Crippen LogP contribution in [-0.2, 0) is 6.54 Å². The fourth-order valence-corrected chi connectivity index (χ4v) is 1.46. The van der Waals surface area contributed by atoms with Crippen molar-refractivity contribution in [1.82, 2.24) is 4.98 Å². The summed E-state index contributed by atoms with van der Waals surface area (Å²) in [6.07, 6.45) is 0. The van der Waals surface area contributed by atoms with Gasteiger partial charge in [-0.1, -0.05) is 17.7 Å². The van der Waals surface area contributed by atoms with E-state index < -0.39 is 5.63 Å². The molecule has 72 valence electrons. The highest BCUT2D eigenvalue weighted by atomic mass is 35.5. The molecule has 1 aromatic carbocycles. The van der Waals surface area contributed by atoms with Crippen molar-refractivity contribution < 1.29 is 4.42 Å². The van der Waals surface area contributed by atoms with Crippen LogP contribution in [0.4, 0.5) is 0 Å². The van der Waals surface area contributed by atoms with Crippen molar-refractivity contribution in [2.45, 2.75) is 6.54 Å². The van der Waals surface area contributed by atoms with Gasteiger partial charge in [-0.2, -0.15) is 0 Å². The van der Waals surface area contributed by atoms with Crippen LogP contribution in [0.5, 0.6) is 0 Å². The largest absolute Gasteiger partial charge is 0.406 e. The first-order valence-electron chi connectivity index (χ1n) is 4.00. The van der Waals surface area contributed by atoms with Crippen molar-refractivity contribution in [3.05, 3.63) is 39.5 Å². The Morgan fingerprint density at radius 1 is 1.50 bits per heavy atom. The van der Waals surface area contributed by atoms with Crippen molar-refractivity contribution in [2.75, 3.05) is 0 Å². The fourth-order valence-electron chi connectivity index (χ4n) is 1.21. The van der Waals surface area contributed by atoms with Gasteiger partial charge in [-0.05, 0) is 12.1 Å². The molecule has 1 aromatic heterocycles. The van der Waals surface area contributed by atoms with Crippen molar-refractivity contribution >= 4 is 22.5 Å². The lowest BCUT2D eigenvalue weighted by Gasteiger charge is -1.99. The van der Waals surface area contributed by atoms with Crippen LogP contribution in [-0.4, -0.2) is 4.98 Å². The molecule has 1 heterocycles. The molecule has 0 saturated heterocycles. The Bertz CT molecular complexity index is 536. The van der Waals surface area contributed by atoms with Crippen molar-refractivity contribution in [3.63, 3.8) is 0 Å². The molecule has 0 aliphatic heterocycles. The van der Waals surface area contributed by atoms with E-state index in [1.54, 1.807) is 18.2 Å². The molecule has 2 N–H and O–H groups in total. The van der Waals surface area contributed by atoms with Crippen LogP contribution in [0.15, 0.2) is 27.4 Å². The standard InChI is InChI=1S/C9H7ClN2O2/c10-5-2-1-3-6-8(5)9(13)14-7(4-11)12-6/h1-3H,4,11H2. The number of rotatable bonds is 1. The minimum Gasteiger partial charge on any atom is -0.406 e. The Labute approximate surface area is 84.3 Å². The lowest BCUT2D eigenvalue weighted by atomic mass is 10.2. The summed E-state index contributed by atoms with van der Waals surface area (Å²) in [4.78, 5) is 15.5. The Balaban J connectivity index is 2.90. The monoisotopic (exact) mass is 210 g/mol. The van der Waals surface area contributed by atoms with E-state index in [-0.39, 0.29) is 12.4 Å². The molecule has 0 amide bonds. The lowest BCUT2D eigenvalue weighted by molar-refractivity contribution is 0.447. The highest BCUT2D eigenvalue weighted by Crippen LogP contribution is 2.18. The van der Waals surface area contributed by atoms with Crippen LogP contribution in [0.1, 0.15) is 5.89 Å². The van der Waals surface area contributed by atoms with Gasteiger partial charge in [0, 0.05) is 0 Å². The third kappa shape index (κ3) is 1.38. The quantitative estimate of drug-likeness (QED) is 0.770. The third-order valence-corrected chi connectivity index (χ3v) is 2.14. The Kier molecular flexibility index (Phi) is 2.23. The molecular weight excluding hydrogens is 204 g/mol. The van der Waals surface area contributed by atoms with Crippen molar-refractivity contribution in [1.29, 1.82) is 0 Å². The summed E-state index contributed by atoms with van der Waals surface area (Å²) in [6.45, 7) is 0.0949. The van der Waals surface area contributed by atoms with E-state index in [2.05, 4.69) is 4.98 Å². The van der Waals surface area contributed by atoms with E-state index in [0.29, 0.717) is 15.9 Å². The van der Waals surface area contributed by atoms with Gasteiger partial charge >= 0.3 is 5.63 Å². The SMILES string of the molecule is NCc1nc2cccc(Cl)c2c(=O)o1. The van der Waals surface area contributed by atoms with Gasteiger partial charge in [-0.3, -0.25) is 0 Å². The topological polar surface area (TPSA) is 69.1 Å². The number of nitrogens with two attached hydrogens (primary N) is 1. The van der Waals surface area contributed by atoms with Gasteiger partial charge in [0.2, 0.25) is 5.89 Å². The summed E-state index contributed by atoms with van der Waals surface area (Å²) in [7, 11) is 0. The first kappa shape index (κ1) is 9.18. The van der Waals surface area contributed by atoms with Crippen LogP contribution in [0.3, 0.4) is 0 Å². The van der Waals surface area contributed by atoms with Gasteiger partial charge in [0.1, 0.15) is 5.39 Å². The number of halogens is 1. The highest BCUT2D eigenvalue weighted by Gasteiger charge is 2.07. The minimum atomic E-state index is -0.499. The average Bonchev–Trinajstić information content (AvgIpc) is 2.17. The second-order valence-corrected chi connectivity index (χ2v) is 3.14. The van der Waals surface area contributed by atoms with Gasteiger partial charge in [-0.25, -0.2) is 9.78 Å². The number of hydrogen-bond acceptors (Lipinski definition) is 4. The summed E-state index contributed by atoms with van der Waals surface area (Å²) in [6, 6.07) is 5.03. The van der Waals surface area contributed by atoms with E-state index in [1.165, 1.54) is 0 Å². The van der Waals surface area contributed by atoms with Crippen LogP contribution in [0.2, 0.25) is 5.02 Å². The zero-order valence-corrected chi connectivity index (χ0v) is 7.91. The number of aromatic nitrogens is 1. The fraction of sp³-hybridized carbons (Fsp3) is 0.111. The molecule has 0 spiro atoms. The zero-order chi connectivity index (χ0) is 10.1. The summed E-state index contributed by atoms with van der Waals surface area (Å²) >= 11 is 5.83. The van der Waals surface area contributed by atoms with Crippen molar-refractivity contribution in [2.24, 2.45) is 5.73 Å². The van der Waals surface area contributed by atoms with E-state index in [0.717, 1.165) is 0 Å². The molecule has 0 aliphatic carbocycles. The molecule has 0 atom stereocenters. The van der Waals surface area contributed by atoms with Gasteiger partial charge in [0.15, 0.2) is 0 Å². The van der Waals surface area contributed by atoms with Gasteiger partial charge in [-0.15, -0.1) is 0 Å². The molecule has 0 unspecified atom stereocenters. The highest BCUT2D eigenvalue weighted by molar-refractivity contribution is 6.35. The van der Waals surface area contributed by atoms with Crippen molar-refractivity contribution in [3.8, 4) is 0 Å². The Hall–Kier alpha value is -1.39. The molecule has 2 aromatic rings. The van der Waals surface area contributed by atoms with Crippen LogP contribution in [0, 0.1) is 0 Å². The molecule has 14 heavy (non-hydrogen) atoms. The molecule has 0 saturated carbocycles.